The number of anilines is 6. The van der Waals surface area contributed by atoms with Crippen LogP contribution in [-0.2, 0) is 16.2 Å². The minimum atomic E-state index is -0.279. The lowest BCUT2D eigenvalue weighted by Crippen LogP contribution is -2.61. The van der Waals surface area contributed by atoms with E-state index in [2.05, 4.69) is 303 Å². The van der Waals surface area contributed by atoms with Crippen molar-refractivity contribution in [2.24, 2.45) is 0 Å². The number of nitrogens with zero attached hydrogens (tertiary/aromatic N) is 2. The summed E-state index contributed by atoms with van der Waals surface area (Å²) in [5.74, 6) is 0. The Kier molecular flexibility index (Phi) is 12.4. The summed E-state index contributed by atoms with van der Waals surface area (Å²) in [6.45, 7) is 20.9. The number of benzene rings is 11. The van der Waals surface area contributed by atoms with Crippen LogP contribution in [0.5, 0.6) is 0 Å². The SMILES string of the molecule is CC(C)(C)c1cc(-c2ccccc2)c(N2c3cc(Cl)ccc3B3c4ccc(-c5ccc6c(c5)oc5ccccc56)cc4N(c4c(-c5ccccc5)cc(C(C)(C)C)cc4-c4ccccc4)c4cc(C(C)(C)C)cc2c43)c(-c2ccccc2)c1. The maximum absolute atomic E-state index is 7.41. The average molecular weight is 1090 g/mol. The Morgan fingerprint density at radius 3 is 1.16 bits per heavy atom. The van der Waals surface area contributed by atoms with Gasteiger partial charge in [-0.25, -0.2) is 0 Å². The highest BCUT2D eigenvalue weighted by Gasteiger charge is 2.46. The van der Waals surface area contributed by atoms with Gasteiger partial charge in [-0.2, -0.15) is 0 Å². The van der Waals surface area contributed by atoms with Gasteiger partial charge in [-0.3, -0.25) is 0 Å². The van der Waals surface area contributed by atoms with Crippen molar-refractivity contribution in [2.45, 2.75) is 78.6 Å². The molecule has 3 heterocycles. The maximum atomic E-state index is 7.41. The van der Waals surface area contributed by atoms with Crippen LogP contribution in [0, 0.1) is 0 Å². The van der Waals surface area contributed by atoms with Crippen molar-refractivity contribution in [3.63, 3.8) is 0 Å². The van der Waals surface area contributed by atoms with Crippen molar-refractivity contribution in [3.8, 4) is 55.6 Å². The van der Waals surface area contributed by atoms with Gasteiger partial charge in [0.15, 0.2) is 0 Å². The van der Waals surface area contributed by atoms with Crippen molar-refractivity contribution in [3.05, 3.63) is 258 Å². The van der Waals surface area contributed by atoms with Gasteiger partial charge in [-0.15, -0.1) is 0 Å². The lowest BCUT2D eigenvalue weighted by atomic mass is 9.33. The van der Waals surface area contributed by atoms with E-state index in [0.717, 1.165) is 101 Å². The zero-order chi connectivity index (χ0) is 57.1. The Hall–Kier alpha value is -8.83. The van der Waals surface area contributed by atoms with Gasteiger partial charge in [0.2, 0.25) is 0 Å². The van der Waals surface area contributed by atoms with Gasteiger partial charge in [-0.05, 0) is 156 Å². The molecule has 0 N–H and O–H groups in total. The number of hydrogen-bond donors (Lipinski definition) is 0. The highest BCUT2D eigenvalue weighted by atomic mass is 35.5. The van der Waals surface area contributed by atoms with E-state index < -0.39 is 0 Å². The van der Waals surface area contributed by atoms with Crippen LogP contribution in [0.1, 0.15) is 79.0 Å². The second-order valence-corrected chi connectivity index (χ2v) is 26.3. The van der Waals surface area contributed by atoms with Crippen LogP contribution in [0.3, 0.4) is 0 Å². The molecule has 0 saturated heterocycles. The molecule has 404 valence electrons. The number of para-hydroxylation sites is 1. The molecule has 0 spiro atoms. The fraction of sp³-hybridized carbons (Fsp3) is 0.154. The predicted molar refractivity (Wildman–Crippen MR) is 356 cm³/mol. The van der Waals surface area contributed by atoms with E-state index in [1.165, 1.54) is 44.2 Å². The molecule has 14 rings (SSSR count). The quantitative estimate of drug-likeness (QED) is 0.148. The summed E-state index contributed by atoms with van der Waals surface area (Å²) in [4.78, 5) is 5.26. The number of rotatable bonds is 7. The Balaban J connectivity index is 1.15. The standard InChI is InChI=1S/C78H66BClN2O/c1-76(2,3)55-42-61(49-24-14-10-15-25-49)74(62(43-55)50-26-16-11-17-27-50)81-67-40-53(54-34-37-60-59-32-22-23-33-71(59)83-72(60)41-54)35-38-65(67)79-66-39-36-58(80)48-68(66)82(70-47-57(78(7,8)9)46-69(81)73(70)79)75-63(51-28-18-12-19-29-51)44-56(77(4,5)6)45-64(75)52-30-20-13-21-31-52/h10-48H,1-9H3. The minimum Gasteiger partial charge on any atom is -0.456 e. The van der Waals surface area contributed by atoms with Crippen molar-refractivity contribution < 1.29 is 4.42 Å². The first kappa shape index (κ1) is 52.3. The molecule has 3 nitrogen and oxygen atoms in total. The molecule has 2 aliphatic rings. The number of furan rings is 1. The second kappa shape index (κ2) is 19.7. The second-order valence-electron chi connectivity index (χ2n) is 25.9. The fourth-order valence-corrected chi connectivity index (χ4v) is 13.1. The van der Waals surface area contributed by atoms with E-state index >= 15 is 0 Å². The first-order chi connectivity index (χ1) is 40.0. The Bertz CT molecular complexity index is 4390. The molecule has 1 aromatic heterocycles. The van der Waals surface area contributed by atoms with Crippen LogP contribution in [0.25, 0.3) is 77.6 Å². The van der Waals surface area contributed by atoms with E-state index in [4.69, 9.17) is 16.0 Å². The fourth-order valence-electron chi connectivity index (χ4n) is 12.9. The zero-order valence-electron chi connectivity index (χ0n) is 48.8. The molecular weight excluding hydrogens is 1030 g/mol. The van der Waals surface area contributed by atoms with Crippen molar-refractivity contribution in [1.29, 1.82) is 0 Å². The average Bonchev–Trinajstić information content (AvgIpc) is 1.32. The van der Waals surface area contributed by atoms with Gasteiger partial charge in [0.05, 0.1) is 11.4 Å². The number of fused-ring (bicyclic) bond motifs is 7. The minimum absolute atomic E-state index is 0.151. The van der Waals surface area contributed by atoms with Gasteiger partial charge in [0.25, 0.3) is 6.71 Å². The molecule has 0 atom stereocenters. The molecular formula is C78H66BClN2O. The maximum Gasteiger partial charge on any atom is 0.252 e. The Labute approximate surface area is 494 Å². The number of halogens is 1. The molecule has 12 aromatic rings. The first-order valence-electron chi connectivity index (χ1n) is 29.2. The van der Waals surface area contributed by atoms with Crippen LogP contribution in [0.2, 0.25) is 5.02 Å². The summed E-state index contributed by atoms with van der Waals surface area (Å²) in [6, 6.07) is 87.9. The third kappa shape index (κ3) is 8.98. The molecule has 0 radical (unpaired) electrons. The van der Waals surface area contributed by atoms with Gasteiger partial charge >= 0.3 is 0 Å². The molecule has 2 aliphatic heterocycles. The highest BCUT2D eigenvalue weighted by Crippen LogP contribution is 2.55. The van der Waals surface area contributed by atoms with Crippen LogP contribution in [0.15, 0.2) is 241 Å². The molecule has 5 heteroatoms. The Morgan fingerprint density at radius 1 is 0.325 bits per heavy atom. The van der Waals surface area contributed by atoms with Gasteiger partial charge in [-0.1, -0.05) is 238 Å². The first-order valence-corrected chi connectivity index (χ1v) is 29.6. The van der Waals surface area contributed by atoms with Crippen LogP contribution < -0.4 is 26.2 Å². The number of hydrogen-bond acceptors (Lipinski definition) is 3. The highest BCUT2D eigenvalue weighted by molar-refractivity contribution is 7.00. The van der Waals surface area contributed by atoms with Crippen LogP contribution >= 0.6 is 11.6 Å². The molecule has 0 amide bonds. The summed E-state index contributed by atoms with van der Waals surface area (Å²) in [5, 5.41) is 2.92. The van der Waals surface area contributed by atoms with E-state index in [-0.39, 0.29) is 23.0 Å². The molecule has 0 saturated carbocycles. The molecule has 83 heavy (non-hydrogen) atoms. The van der Waals surface area contributed by atoms with Gasteiger partial charge < -0.3 is 14.2 Å². The van der Waals surface area contributed by atoms with E-state index in [1.807, 2.05) is 6.07 Å². The lowest BCUT2D eigenvalue weighted by molar-refractivity contribution is 0.590. The molecule has 11 aromatic carbocycles. The summed E-state index contributed by atoms with van der Waals surface area (Å²) in [6.07, 6.45) is 0. The molecule has 0 bridgehead atoms. The van der Waals surface area contributed by atoms with E-state index in [1.54, 1.807) is 0 Å². The smallest absolute Gasteiger partial charge is 0.252 e. The zero-order valence-corrected chi connectivity index (χ0v) is 49.5. The van der Waals surface area contributed by atoms with Crippen LogP contribution in [0.4, 0.5) is 34.1 Å². The lowest BCUT2D eigenvalue weighted by Gasteiger charge is -2.46. The Morgan fingerprint density at radius 2 is 0.699 bits per heavy atom. The molecule has 0 fully saturated rings. The third-order valence-corrected chi connectivity index (χ3v) is 17.6. The van der Waals surface area contributed by atoms with E-state index in [9.17, 15) is 0 Å². The summed E-state index contributed by atoms with van der Waals surface area (Å²) in [5.41, 5.74) is 26.7. The van der Waals surface area contributed by atoms with Crippen molar-refractivity contribution >= 4 is 90.8 Å². The predicted octanol–water partition coefficient (Wildman–Crippen LogP) is 20.5. The normalized spacial score (nSPS) is 13.1. The molecule has 0 unspecified atom stereocenters. The largest absolute Gasteiger partial charge is 0.456 e. The van der Waals surface area contributed by atoms with Crippen molar-refractivity contribution in [1.82, 2.24) is 0 Å². The summed E-state index contributed by atoms with van der Waals surface area (Å²) >= 11 is 7.41. The van der Waals surface area contributed by atoms with Crippen molar-refractivity contribution in [2.75, 3.05) is 9.80 Å². The summed E-state index contributed by atoms with van der Waals surface area (Å²) in [7, 11) is 0. The molecule has 0 aliphatic carbocycles. The van der Waals surface area contributed by atoms with Gasteiger partial charge in [0.1, 0.15) is 11.2 Å². The van der Waals surface area contributed by atoms with E-state index in [0.29, 0.717) is 5.02 Å². The summed E-state index contributed by atoms with van der Waals surface area (Å²) < 4.78 is 6.60. The third-order valence-electron chi connectivity index (χ3n) is 17.3. The van der Waals surface area contributed by atoms with Crippen LogP contribution in [-0.4, -0.2) is 6.71 Å². The topological polar surface area (TPSA) is 19.6 Å². The monoisotopic (exact) mass is 1090 g/mol. The van der Waals surface area contributed by atoms with Gasteiger partial charge in [0, 0.05) is 60.8 Å².